The molecule has 0 spiro atoms. The summed E-state index contributed by atoms with van der Waals surface area (Å²) < 4.78 is 49.9. The zero-order valence-electron chi connectivity index (χ0n) is 18.5. The fraction of sp³-hybridized carbons (Fsp3) is 0.440. The van der Waals surface area contributed by atoms with Gasteiger partial charge >= 0.3 is 6.18 Å². The minimum atomic E-state index is -4.49. The highest BCUT2D eigenvalue weighted by atomic mass is 19.4. The number of rotatable bonds is 3. The molecule has 34 heavy (non-hydrogen) atoms. The van der Waals surface area contributed by atoms with Gasteiger partial charge < -0.3 is 19.3 Å². The molecule has 0 N–H and O–H groups in total. The Hall–Kier alpha value is -3.23. The van der Waals surface area contributed by atoms with E-state index in [1.165, 1.54) is 12.1 Å². The van der Waals surface area contributed by atoms with Gasteiger partial charge in [0.25, 0.3) is 5.91 Å². The SMILES string of the molecule is O=C(c1cccc(C(F)(F)F)c1)N1CC[C@H]2[C@@H](CCCN2C(=O)Cc2ccc3c(c2)OCO3)C1. The Morgan fingerprint density at radius 1 is 1.00 bits per heavy atom. The van der Waals surface area contributed by atoms with Crippen LogP contribution in [0.4, 0.5) is 13.2 Å². The molecule has 0 radical (unpaired) electrons. The molecule has 0 bridgehead atoms. The lowest BCUT2D eigenvalue weighted by Crippen LogP contribution is -2.56. The molecule has 2 aromatic rings. The van der Waals surface area contributed by atoms with Crippen LogP contribution in [-0.2, 0) is 17.4 Å². The molecule has 5 rings (SSSR count). The number of hydrogen-bond donors (Lipinski definition) is 0. The number of carbonyl (C=O) groups excluding carboxylic acids is 2. The van der Waals surface area contributed by atoms with E-state index in [0.717, 1.165) is 30.5 Å². The normalized spacial score (nSPS) is 21.9. The van der Waals surface area contributed by atoms with Crippen LogP contribution in [0.15, 0.2) is 42.5 Å². The number of alkyl halides is 3. The predicted molar refractivity (Wildman–Crippen MR) is 116 cm³/mol. The van der Waals surface area contributed by atoms with Gasteiger partial charge in [0.15, 0.2) is 11.5 Å². The fourth-order valence-electron chi connectivity index (χ4n) is 5.24. The maximum absolute atomic E-state index is 13.2. The first-order chi connectivity index (χ1) is 16.3. The molecule has 2 aromatic carbocycles. The summed E-state index contributed by atoms with van der Waals surface area (Å²) in [6.07, 6.45) is -1.91. The lowest BCUT2D eigenvalue weighted by Gasteiger charge is -2.47. The molecule has 0 saturated carbocycles. The number of benzene rings is 2. The molecule has 2 saturated heterocycles. The van der Waals surface area contributed by atoms with Crippen molar-refractivity contribution in [2.45, 2.75) is 37.9 Å². The summed E-state index contributed by atoms with van der Waals surface area (Å²) in [6.45, 7) is 1.70. The molecular formula is C25H25F3N2O4. The van der Waals surface area contributed by atoms with Crippen LogP contribution in [0.5, 0.6) is 11.5 Å². The van der Waals surface area contributed by atoms with Gasteiger partial charge in [-0.2, -0.15) is 13.2 Å². The quantitative estimate of drug-likeness (QED) is 0.671. The third kappa shape index (κ3) is 4.43. The molecule has 0 aliphatic carbocycles. The molecule has 6 nitrogen and oxygen atoms in total. The molecule has 0 unspecified atom stereocenters. The average molecular weight is 474 g/mol. The van der Waals surface area contributed by atoms with Crippen LogP contribution in [0.25, 0.3) is 0 Å². The van der Waals surface area contributed by atoms with Gasteiger partial charge in [-0.15, -0.1) is 0 Å². The second-order valence-electron chi connectivity index (χ2n) is 9.04. The van der Waals surface area contributed by atoms with E-state index >= 15 is 0 Å². The van der Waals surface area contributed by atoms with Gasteiger partial charge in [0.1, 0.15) is 0 Å². The first-order valence-electron chi connectivity index (χ1n) is 11.4. The third-order valence-corrected chi connectivity index (χ3v) is 6.90. The van der Waals surface area contributed by atoms with Crippen molar-refractivity contribution in [3.8, 4) is 11.5 Å². The lowest BCUT2D eigenvalue weighted by molar-refractivity contribution is -0.138. The van der Waals surface area contributed by atoms with Gasteiger partial charge in [-0.1, -0.05) is 12.1 Å². The predicted octanol–water partition coefficient (Wildman–Crippen LogP) is 4.13. The van der Waals surface area contributed by atoms with E-state index < -0.39 is 17.6 Å². The zero-order chi connectivity index (χ0) is 23.9. The zero-order valence-corrected chi connectivity index (χ0v) is 18.5. The second kappa shape index (κ2) is 8.85. The van der Waals surface area contributed by atoms with Crippen LogP contribution in [0.2, 0.25) is 0 Å². The molecule has 3 heterocycles. The molecular weight excluding hydrogens is 449 g/mol. The number of likely N-dealkylation sites (tertiary alicyclic amines) is 2. The van der Waals surface area contributed by atoms with Crippen LogP contribution in [-0.4, -0.2) is 54.1 Å². The van der Waals surface area contributed by atoms with Gasteiger partial charge in [-0.05, 0) is 61.1 Å². The highest BCUT2D eigenvalue weighted by Crippen LogP contribution is 2.35. The minimum Gasteiger partial charge on any atom is -0.454 e. The van der Waals surface area contributed by atoms with E-state index in [2.05, 4.69) is 0 Å². The van der Waals surface area contributed by atoms with Crippen molar-refractivity contribution < 1.29 is 32.2 Å². The molecule has 2 amide bonds. The van der Waals surface area contributed by atoms with Crippen molar-refractivity contribution in [2.24, 2.45) is 5.92 Å². The number of halogens is 3. The molecule has 2 atom stereocenters. The summed E-state index contributed by atoms with van der Waals surface area (Å²) in [5, 5.41) is 0. The smallest absolute Gasteiger partial charge is 0.416 e. The van der Waals surface area contributed by atoms with Crippen LogP contribution >= 0.6 is 0 Å². The van der Waals surface area contributed by atoms with E-state index in [1.54, 1.807) is 4.90 Å². The van der Waals surface area contributed by atoms with Gasteiger partial charge in [0, 0.05) is 31.2 Å². The van der Waals surface area contributed by atoms with Gasteiger partial charge in [-0.25, -0.2) is 0 Å². The van der Waals surface area contributed by atoms with Crippen LogP contribution in [0.1, 0.15) is 40.7 Å². The largest absolute Gasteiger partial charge is 0.454 e. The average Bonchev–Trinajstić information content (AvgIpc) is 3.30. The maximum Gasteiger partial charge on any atom is 0.416 e. The summed E-state index contributed by atoms with van der Waals surface area (Å²) in [4.78, 5) is 29.7. The number of hydrogen-bond acceptors (Lipinski definition) is 4. The number of nitrogens with zero attached hydrogens (tertiary/aromatic N) is 2. The number of amides is 2. The highest BCUT2D eigenvalue weighted by Gasteiger charge is 2.39. The molecule has 180 valence electrons. The number of carbonyl (C=O) groups is 2. The Bertz CT molecular complexity index is 1100. The Balaban J connectivity index is 1.25. The monoisotopic (exact) mass is 474 g/mol. The number of ether oxygens (including phenoxy) is 2. The van der Waals surface area contributed by atoms with Crippen LogP contribution in [0, 0.1) is 5.92 Å². The molecule has 3 aliphatic rings. The van der Waals surface area contributed by atoms with E-state index in [1.807, 2.05) is 23.1 Å². The Labute approximate surface area is 195 Å². The van der Waals surface area contributed by atoms with Crippen molar-refractivity contribution in [2.75, 3.05) is 26.4 Å². The summed E-state index contributed by atoms with van der Waals surface area (Å²) in [7, 11) is 0. The number of piperidine rings is 2. The standard InChI is InChI=1S/C25H25F3N2O4/c26-25(27,28)19-5-1-3-17(13-19)24(32)29-10-8-20-18(14-29)4-2-9-30(20)23(31)12-16-6-7-21-22(11-16)34-15-33-21/h1,3,5-7,11,13,18,20H,2,4,8-10,12,14-15H2/t18-,20-/m0/s1. The van der Waals surface area contributed by atoms with Gasteiger partial charge in [0.05, 0.1) is 12.0 Å². The molecule has 3 aliphatic heterocycles. The third-order valence-electron chi connectivity index (χ3n) is 6.90. The lowest BCUT2D eigenvalue weighted by atomic mass is 9.83. The van der Waals surface area contributed by atoms with E-state index in [-0.39, 0.29) is 36.6 Å². The topological polar surface area (TPSA) is 59.1 Å². The Morgan fingerprint density at radius 3 is 2.65 bits per heavy atom. The Kier molecular flexibility index (Phi) is 5.87. The van der Waals surface area contributed by atoms with Crippen LogP contribution < -0.4 is 9.47 Å². The van der Waals surface area contributed by atoms with E-state index in [4.69, 9.17) is 9.47 Å². The maximum atomic E-state index is 13.2. The summed E-state index contributed by atoms with van der Waals surface area (Å²) in [5.74, 6) is 1.06. The second-order valence-corrected chi connectivity index (χ2v) is 9.04. The number of fused-ring (bicyclic) bond motifs is 2. The van der Waals surface area contributed by atoms with Crippen molar-refractivity contribution in [3.63, 3.8) is 0 Å². The highest BCUT2D eigenvalue weighted by molar-refractivity contribution is 5.94. The fourth-order valence-corrected chi connectivity index (χ4v) is 5.24. The Morgan fingerprint density at radius 2 is 1.82 bits per heavy atom. The van der Waals surface area contributed by atoms with Crippen molar-refractivity contribution >= 4 is 11.8 Å². The summed E-state index contributed by atoms with van der Waals surface area (Å²) in [5.41, 5.74) is 0.0690. The first-order valence-corrected chi connectivity index (χ1v) is 11.4. The first kappa shape index (κ1) is 22.6. The van der Waals surface area contributed by atoms with Crippen molar-refractivity contribution in [1.82, 2.24) is 9.80 Å². The minimum absolute atomic E-state index is 0.0285. The van der Waals surface area contributed by atoms with Crippen molar-refractivity contribution in [3.05, 3.63) is 59.2 Å². The summed E-state index contributed by atoms with van der Waals surface area (Å²) >= 11 is 0. The van der Waals surface area contributed by atoms with E-state index in [0.29, 0.717) is 37.6 Å². The van der Waals surface area contributed by atoms with Crippen molar-refractivity contribution in [1.29, 1.82) is 0 Å². The van der Waals surface area contributed by atoms with E-state index in [9.17, 15) is 22.8 Å². The van der Waals surface area contributed by atoms with Gasteiger partial charge in [0.2, 0.25) is 12.7 Å². The molecule has 2 fully saturated rings. The summed E-state index contributed by atoms with van der Waals surface area (Å²) in [6, 6.07) is 10.1. The molecule has 9 heteroatoms. The van der Waals surface area contributed by atoms with Crippen LogP contribution in [0.3, 0.4) is 0 Å². The molecule has 0 aromatic heterocycles. The van der Waals surface area contributed by atoms with Gasteiger partial charge in [-0.3, -0.25) is 9.59 Å².